The van der Waals surface area contributed by atoms with E-state index in [1.165, 1.54) is 22.2 Å². The van der Waals surface area contributed by atoms with Gasteiger partial charge in [-0.15, -0.1) is 0 Å². The summed E-state index contributed by atoms with van der Waals surface area (Å²) < 4.78 is 2.35. The Morgan fingerprint density at radius 2 is 1.94 bits per heavy atom. The van der Waals surface area contributed by atoms with Gasteiger partial charge in [0.2, 0.25) is 0 Å². The fraction of sp³-hybridized carbons (Fsp3) is 0.500. The second-order valence-electron chi connectivity index (χ2n) is 6.10. The zero-order chi connectivity index (χ0) is 13.5. The molecule has 2 nitrogen and oxygen atoms in total. The van der Waals surface area contributed by atoms with Crippen LogP contribution in [0.25, 0.3) is 10.9 Å². The van der Waals surface area contributed by atoms with Crippen LogP contribution in [0.4, 0.5) is 0 Å². The van der Waals surface area contributed by atoms with E-state index < -0.39 is 5.60 Å². The number of rotatable bonds is 3. The molecule has 0 spiro atoms. The number of benzene rings is 1. The molecule has 0 aliphatic heterocycles. The summed E-state index contributed by atoms with van der Waals surface area (Å²) in [5, 5.41) is 11.3. The van der Waals surface area contributed by atoms with Crippen LogP contribution >= 0.6 is 0 Å². The number of fused-ring (bicyclic) bond motifs is 1. The average molecular weight is 245 g/mol. The Balaban J connectivity index is 2.66. The Morgan fingerprint density at radius 1 is 1.28 bits per heavy atom. The Bertz CT molecular complexity index is 558. The van der Waals surface area contributed by atoms with E-state index in [-0.39, 0.29) is 0 Å². The molecule has 0 amide bonds. The summed E-state index contributed by atoms with van der Waals surface area (Å²) in [6.07, 6.45) is 0.680. The van der Waals surface area contributed by atoms with Crippen molar-refractivity contribution >= 4 is 10.9 Å². The Kier molecular flexibility index (Phi) is 3.24. The molecular weight excluding hydrogens is 222 g/mol. The van der Waals surface area contributed by atoms with Gasteiger partial charge in [0.1, 0.15) is 0 Å². The smallest absolute Gasteiger partial charge is 0.0646 e. The van der Waals surface area contributed by atoms with Crippen LogP contribution in [0, 0.1) is 6.92 Å². The lowest BCUT2D eigenvalue weighted by atomic mass is 10.0. The highest BCUT2D eigenvalue weighted by Crippen LogP contribution is 2.28. The number of aryl methyl sites for hydroxylation is 1. The zero-order valence-electron chi connectivity index (χ0n) is 12.0. The van der Waals surface area contributed by atoms with Crippen LogP contribution in [0.1, 0.15) is 45.0 Å². The molecule has 18 heavy (non-hydrogen) atoms. The van der Waals surface area contributed by atoms with Gasteiger partial charge in [0.25, 0.3) is 0 Å². The molecule has 2 heteroatoms. The van der Waals surface area contributed by atoms with Gasteiger partial charge in [-0.3, -0.25) is 0 Å². The fourth-order valence-electron chi connectivity index (χ4n) is 2.69. The quantitative estimate of drug-likeness (QED) is 0.873. The zero-order valence-corrected chi connectivity index (χ0v) is 12.0. The number of aromatic nitrogens is 1. The molecule has 0 aliphatic rings. The van der Waals surface area contributed by atoms with Crippen molar-refractivity contribution in [2.75, 3.05) is 0 Å². The molecule has 0 saturated carbocycles. The standard InChI is InChI=1S/C16H23NO/c1-11(2)17-14(10-16(4,5)18)9-13-8-6-7-12(3)15(13)17/h6-9,11,18H,10H2,1-5H3. The lowest BCUT2D eigenvalue weighted by Gasteiger charge is -2.21. The molecule has 0 atom stereocenters. The van der Waals surface area contributed by atoms with E-state index in [4.69, 9.17) is 0 Å². The maximum Gasteiger partial charge on any atom is 0.0646 e. The molecule has 0 bridgehead atoms. The summed E-state index contributed by atoms with van der Waals surface area (Å²) in [6.45, 7) is 10.3. The second-order valence-corrected chi connectivity index (χ2v) is 6.10. The normalized spacial score (nSPS) is 12.6. The van der Waals surface area contributed by atoms with Gasteiger partial charge in [0, 0.05) is 23.5 Å². The number of para-hydroxylation sites is 1. The molecule has 0 saturated heterocycles. The largest absolute Gasteiger partial charge is 0.390 e. The predicted molar refractivity (Wildman–Crippen MR) is 77.1 cm³/mol. The van der Waals surface area contributed by atoms with E-state index in [1.807, 2.05) is 13.8 Å². The van der Waals surface area contributed by atoms with Crippen molar-refractivity contribution in [2.24, 2.45) is 0 Å². The van der Waals surface area contributed by atoms with Crippen LogP contribution < -0.4 is 0 Å². The van der Waals surface area contributed by atoms with E-state index in [0.29, 0.717) is 12.5 Å². The molecule has 1 N–H and O–H groups in total. The highest BCUT2D eigenvalue weighted by atomic mass is 16.3. The lowest BCUT2D eigenvalue weighted by molar-refractivity contribution is 0.0789. The molecule has 2 aromatic rings. The molecule has 0 radical (unpaired) electrons. The van der Waals surface area contributed by atoms with E-state index in [0.717, 1.165) is 0 Å². The number of hydrogen-bond acceptors (Lipinski definition) is 1. The molecule has 0 fully saturated rings. The van der Waals surface area contributed by atoms with Crippen molar-refractivity contribution in [3.8, 4) is 0 Å². The summed E-state index contributed by atoms with van der Waals surface area (Å²) >= 11 is 0. The summed E-state index contributed by atoms with van der Waals surface area (Å²) in [5.41, 5.74) is 3.13. The van der Waals surface area contributed by atoms with Crippen molar-refractivity contribution in [2.45, 2.75) is 52.7 Å². The first-order valence-corrected chi connectivity index (χ1v) is 6.61. The highest BCUT2D eigenvalue weighted by Gasteiger charge is 2.19. The average Bonchev–Trinajstić information content (AvgIpc) is 2.54. The van der Waals surface area contributed by atoms with Gasteiger partial charge in [-0.1, -0.05) is 18.2 Å². The topological polar surface area (TPSA) is 25.2 Å². The molecule has 98 valence electrons. The van der Waals surface area contributed by atoms with E-state index in [2.05, 4.69) is 49.6 Å². The predicted octanol–water partition coefficient (Wildman–Crippen LogP) is 3.84. The van der Waals surface area contributed by atoms with Crippen LogP contribution in [0.3, 0.4) is 0 Å². The Morgan fingerprint density at radius 3 is 2.50 bits per heavy atom. The molecule has 1 heterocycles. The van der Waals surface area contributed by atoms with Gasteiger partial charge < -0.3 is 9.67 Å². The summed E-state index contributed by atoms with van der Waals surface area (Å²) in [4.78, 5) is 0. The molecule has 0 aliphatic carbocycles. The minimum absolute atomic E-state index is 0.404. The summed E-state index contributed by atoms with van der Waals surface area (Å²) in [7, 11) is 0. The third-order valence-electron chi connectivity index (χ3n) is 3.27. The van der Waals surface area contributed by atoms with Gasteiger partial charge in [-0.05, 0) is 46.2 Å². The second kappa shape index (κ2) is 4.43. The van der Waals surface area contributed by atoms with Crippen molar-refractivity contribution < 1.29 is 5.11 Å². The van der Waals surface area contributed by atoms with Crippen molar-refractivity contribution in [3.05, 3.63) is 35.5 Å². The maximum absolute atomic E-state index is 10.1. The van der Waals surface area contributed by atoms with E-state index in [9.17, 15) is 5.11 Å². The first-order valence-electron chi connectivity index (χ1n) is 6.61. The molecular formula is C16H23NO. The maximum atomic E-state index is 10.1. The highest BCUT2D eigenvalue weighted by molar-refractivity contribution is 5.84. The minimum Gasteiger partial charge on any atom is -0.390 e. The molecule has 1 aromatic heterocycles. The Hall–Kier alpha value is -1.28. The summed E-state index contributed by atoms with van der Waals surface area (Å²) in [6, 6.07) is 9.00. The third kappa shape index (κ3) is 2.44. The van der Waals surface area contributed by atoms with Gasteiger partial charge in [0.05, 0.1) is 11.1 Å². The summed E-state index contributed by atoms with van der Waals surface area (Å²) in [5.74, 6) is 0. The van der Waals surface area contributed by atoms with Gasteiger partial charge in [-0.25, -0.2) is 0 Å². The van der Waals surface area contributed by atoms with Crippen LogP contribution in [-0.2, 0) is 6.42 Å². The van der Waals surface area contributed by atoms with Gasteiger partial charge in [-0.2, -0.15) is 0 Å². The number of aliphatic hydroxyl groups is 1. The van der Waals surface area contributed by atoms with E-state index in [1.54, 1.807) is 0 Å². The number of hydrogen-bond donors (Lipinski definition) is 1. The number of nitrogens with zero attached hydrogens (tertiary/aromatic N) is 1. The van der Waals surface area contributed by atoms with Gasteiger partial charge >= 0.3 is 0 Å². The minimum atomic E-state index is -0.672. The first kappa shape index (κ1) is 13.2. The third-order valence-corrected chi connectivity index (χ3v) is 3.27. The van der Waals surface area contributed by atoms with Crippen LogP contribution in [0.5, 0.6) is 0 Å². The molecule has 0 unspecified atom stereocenters. The van der Waals surface area contributed by atoms with Crippen molar-refractivity contribution in [1.29, 1.82) is 0 Å². The fourth-order valence-corrected chi connectivity index (χ4v) is 2.69. The van der Waals surface area contributed by atoms with Gasteiger partial charge in [0.15, 0.2) is 0 Å². The van der Waals surface area contributed by atoms with Crippen LogP contribution in [0.2, 0.25) is 0 Å². The van der Waals surface area contributed by atoms with E-state index >= 15 is 0 Å². The monoisotopic (exact) mass is 245 g/mol. The van der Waals surface area contributed by atoms with Crippen molar-refractivity contribution in [3.63, 3.8) is 0 Å². The van der Waals surface area contributed by atoms with Crippen LogP contribution in [0.15, 0.2) is 24.3 Å². The first-order chi connectivity index (χ1) is 8.29. The lowest BCUT2D eigenvalue weighted by Crippen LogP contribution is -2.24. The molecule has 1 aromatic carbocycles. The van der Waals surface area contributed by atoms with Crippen molar-refractivity contribution in [1.82, 2.24) is 4.57 Å². The van der Waals surface area contributed by atoms with Crippen LogP contribution in [-0.4, -0.2) is 15.3 Å². The Labute approximate surface area is 109 Å². The molecule has 2 rings (SSSR count). The SMILES string of the molecule is Cc1cccc2cc(CC(C)(C)O)n(C(C)C)c12.